The molecular formula is C28H28FN5O7S2. The van der Waals surface area contributed by atoms with E-state index in [2.05, 4.69) is 15.5 Å². The van der Waals surface area contributed by atoms with Crippen LogP contribution >= 0.6 is 0 Å². The molecule has 0 saturated carbocycles. The van der Waals surface area contributed by atoms with Crippen LogP contribution in [0.5, 0.6) is 0 Å². The van der Waals surface area contributed by atoms with Gasteiger partial charge in [0.25, 0.3) is 20.2 Å². The molecule has 4 aromatic carbocycles. The Hall–Kier alpha value is -4.28. The number of anilines is 1. The summed E-state index contributed by atoms with van der Waals surface area (Å²) in [6.07, 6.45) is 1.56. The summed E-state index contributed by atoms with van der Waals surface area (Å²) in [7, 11) is -9.56. The summed E-state index contributed by atoms with van der Waals surface area (Å²) in [5.41, 5.74) is 12.9. The second kappa shape index (κ2) is 12.5. The number of halogens is 1. The summed E-state index contributed by atoms with van der Waals surface area (Å²) in [5, 5.41) is 10.3. The number of hydrogen-bond acceptors (Lipinski definition) is 8. The minimum atomic E-state index is -4.86. The van der Waals surface area contributed by atoms with Gasteiger partial charge < -0.3 is 16.8 Å². The molecule has 0 aliphatic rings. The molecule has 1 unspecified atom stereocenters. The van der Waals surface area contributed by atoms with Crippen LogP contribution in [0.4, 0.5) is 26.2 Å². The highest BCUT2D eigenvalue weighted by Crippen LogP contribution is 2.35. The average molecular weight is 630 g/mol. The molecule has 4 aromatic rings. The molecule has 0 bridgehead atoms. The van der Waals surface area contributed by atoms with E-state index in [0.717, 1.165) is 23.8 Å². The number of primary amides is 1. The van der Waals surface area contributed by atoms with Crippen molar-refractivity contribution in [2.24, 2.45) is 21.7 Å². The number of urea groups is 1. The van der Waals surface area contributed by atoms with Crippen LogP contribution in [0.3, 0.4) is 0 Å². The van der Waals surface area contributed by atoms with Crippen LogP contribution in [-0.2, 0) is 33.1 Å². The minimum Gasteiger partial charge on any atom is -0.351 e. The largest absolute Gasteiger partial charge is 0.351 e. The molecule has 0 aliphatic heterocycles. The first-order valence-electron chi connectivity index (χ1n) is 12.8. The molecule has 4 rings (SSSR count). The van der Waals surface area contributed by atoms with Gasteiger partial charge in [-0.2, -0.15) is 16.8 Å². The van der Waals surface area contributed by atoms with Crippen molar-refractivity contribution < 1.29 is 35.1 Å². The number of benzene rings is 4. The number of nitrogens with one attached hydrogen (secondary N) is 1. The van der Waals surface area contributed by atoms with Crippen LogP contribution in [-0.4, -0.2) is 38.0 Å². The van der Waals surface area contributed by atoms with E-state index in [4.69, 9.17) is 11.5 Å². The predicted octanol–water partition coefficient (Wildman–Crippen LogP) is 5.25. The molecule has 7 N–H and O–H groups in total. The molecule has 2 amide bonds. The molecule has 0 aromatic heterocycles. The standard InChI is InChI=1S/C28H28FN5O7S2/c1-16(30)5-6-17-9-19(12-21(29)11-17)10-18-7-8-23(24(13-18)32-28(31)35)33-34-25-15-22-20(14-27(25)43(39,40)41)3-2-4-26(22)42(36,37)38/h2-4,7-9,11-16H,5-6,10,30H2,1H3,(H3,31,32,35)(H,36,37,38)(H,39,40,41). The number of fused-ring (bicyclic) bond motifs is 1. The molecule has 0 saturated heterocycles. The summed E-state index contributed by atoms with van der Waals surface area (Å²) in [5.74, 6) is -0.403. The van der Waals surface area contributed by atoms with Crippen LogP contribution < -0.4 is 16.8 Å². The lowest BCUT2D eigenvalue weighted by atomic mass is 9.99. The zero-order valence-electron chi connectivity index (χ0n) is 22.7. The van der Waals surface area contributed by atoms with Gasteiger partial charge in [0, 0.05) is 11.4 Å². The SMILES string of the molecule is CC(N)CCc1cc(F)cc(Cc2ccc(N=Nc3cc4c(S(=O)(=O)O)cccc4cc3S(=O)(=O)O)c(NC(N)=O)c2)c1. The van der Waals surface area contributed by atoms with Gasteiger partial charge in [0.2, 0.25) is 0 Å². The van der Waals surface area contributed by atoms with E-state index >= 15 is 0 Å². The maximum absolute atomic E-state index is 14.3. The van der Waals surface area contributed by atoms with Gasteiger partial charge in [0.05, 0.1) is 5.69 Å². The maximum atomic E-state index is 14.3. The first kappa shape index (κ1) is 31.7. The Kier molecular flexibility index (Phi) is 9.22. The highest BCUT2D eigenvalue weighted by molar-refractivity contribution is 7.86. The lowest BCUT2D eigenvalue weighted by Crippen LogP contribution is -2.19. The first-order chi connectivity index (χ1) is 20.1. The first-order valence-corrected chi connectivity index (χ1v) is 15.6. The average Bonchev–Trinajstić information content (AvgIpc) is 2.89. The van der Waals surface area contributed by atoms with Crippen molar-refractivity contribution in [2.45, 2.75) is 42.0 Å². The van der Waals surface area contributed by atoms with Crippen molar-refractivity contribution in [2.75, 3.05) is 5.32 Å². The quantitative estimate of drug-likeness (QED) is 0.115. The van der Waals surface area contributed by atoms with E-state index in [1.165, 1.54) is 36.4 Å². The second-order valence-electron chi connectivity index (χ2n) is 9.95. The van der Waals surface area contributed by atoms with Gasteiger partial charge in [-0.25, -0.2) is 9.18 Å². The highest BCUT2D eigenvalue weighted by atomic mass is 32.2. The number of hydrogen-bond donors (Lipinski definition) is 5. The smallest absolute Gasteiger partial charge is 0.316 e. The third-order valence-corrected chi connectivity index (χ3v) is 8.17. The Morgan fingerprint density at radius 2 is 1.56 bits per heavy atom. The molecule has 1 atom stereocenters. The summed E-state index contributed by atoms with van der Waals surface area (Å²) in [6.45, 7) is 1.87. The lowest BCUT2D eigenvalue weighted by molar-refractivity contribution is 0.259. The number of aryl methyl sites for hydroxylation is 1. The Morgan fingerprint density at radius 1 is 0.884 bits per heavy atom. The molecule has 0 aliphatic carbocycles. The van der Waals surface area contributed by atoms with Crippen molar-refractivity contribution in [3.8, 4) is 0 Å². The van der Waals surface area contributed by atoms with Crippen molar-refractivity contribution >= 4 is 54.1 Å². The lowest BCUT2D eigenvalue weighted by Gasteiger charge is -2.11. The molecule has 15 heteroatoms. The van der Waals surface area contributed by atoms with Gasteiger partial charge in [-0.3, -0.25) is 9.11 Å². The van der Waals surface area contributed by atoms with Crippen molar-refractivity contribution in [1.29, 1.82) is 0 Å². The van der Waals surface area contributed by atoms with Crippen LogP contribution in [0.2, 0.25) is 0 Å². The van der Waals surface area contributed by atoms with E-state index in [1.807, 2.05) is 13.0 Å². The number of amides is 2. The molecule has 0 fully saturated rings. The van der Waals surface area contributed by atoms with E-state index in [0.29, 0.717) is 24.0 Å². The summed E-state index contributed by atoms with van der Waals surface area (Å²) >= 11 is 0. The number of nitrogens with zero attached hydrogens (tertiary/aromatic N) is 2. The van der Waals surface area contributed by atoms with Crippen molar-refractivity contribution in [3.63, 3.8) is 0 Å². The number of carbonyl (C=O) groups is 1. The summed E-state index contributed by atoms with van der Waals surface area (Å²) in [6, 6.07) is 14.2. The molecule has 226 valence electrons. The summed E-state index contributed by atoms with van der Waals surface area (Å²) in [4.78, 5) is 10.5. The number of carbonyl (C=O) groups excluding carboxylic acids is 1. The van der Waals surface area contributed by atoms with E-state index in [-0.39, 0.29) is 34.6 Å². The fourth-order valence-electron chi connectivity index (χ4n) is 4.49. The van der Waals surface area contributed by atoms with Crippen LogP contribution in [0.25, 0.3) is 10.8 Å². The molecule has 0 radical (unpaired) electrons. The zero-order chi connectivity index (χ0) is 31.5. The Labute approximate surface area is 247 Å². The second-order valence-corrected chi connectivity index (χ2v) is 12.7. The topological polar surface area (TPSA) is 215 Å². The monoisotopic (exact) mass is 629 g/mol. The number of nitrogens with two attached hydrogens (primary N) is 2. The van der Waals surface area contributed by atoms with E-state index < -0.39 is 47.6 Å². The molecule has 12 nitrogen and oxygen atoms in total. The van der Waals surface area contributed by atoms with Crippen molar-refractivity contribution in [1.82, 2.24) is 0 Å². The van der Waals surface area contributed by atoms with Crippen LogP contribution in [0.15, 0.2) is 86.7 Å². The van der Waals surface area contributed by atoms with Crippen molar-refractivity contribution in [3.05, 3.63) is 89.2 Å². The Morgan fingerprint density at radius 3 is 2.21 bits per heavy atom. The van der Waals surface area contributed by atoms with Gasteiger partial charge in [-0.1, -0.05) is 24.3 Å². The molecular weight excluding hydrogens is 601 g/mol. The Bertz CT molecular complexity index is 1960. The number of rotatable bonds is 10. The fraction of sp³-hybridized carbons (Fsp3) is 0.179. The van der Waals surface area contributed by atoms with E-state index in [1.54, 1.807) is 6.07 Å². The molecule has 0 spiro atoms. The van der Waals surface area contributed by atoms with Gasteiger partial charge in [-0.15, -0.1) is 10.2 Å². The maximum Gasteiger partial charge on any atom is 0.316 e. The van der Waals surface area contributed by atoms with E-state index in [9.17, 15) is 35.1 Å². The molecule has 43 heavy (non-hydrogen) atoms. The zero-order valence-corrected chi connectivity index (χ0v) is 24.4. The van der Waals surface area contributed by atoms with Crippen LogP contribution in [0, 0.1) is 5.82 Å². The predicted molar refractivity (Wildman–Crippen MR) is 159 cm³/mol. The highest BCUT2D eigenvalue weighted by Gasteiger charge is 2.21. The number of azo groups is 1. The summed E-state index contributed by atoms with van der Waals surface area (Å²) < 4.78 is 81.7. The minimum absolute atomic E-state index is 0.0314. The van der Waals surface area contributed by atoms with Gasteiger partial charge >= 0.3 is 6.03 Å². The van der Waals surface area contributed by atoms with Crippen LogP contribution in [0.1, 0.15) is 30.0 Å². The molecule has 0 heterocycles. The normalized spacial score (nSPS) is 13.0. The van der Waals surface area contributed by atoms with Gasteiger partial charge in [-0.05, 0) is 90.7 Å². The third-order valence-electron chi connectivity index (χ3n) is 6.37. The van der Waals surface area contributed by atoms with Gasteiger partial charge in [0.15, 0.2) is 0 Å². The Balaban J connectivity index is 1.75. The third kappa shape index (κ3) is 8.18. The van der Waals surface area contributed by atoms with Gasteiger partial charge in [0.1, 0.15) is 27.0 Å². The fourth-order valence-corrected chi connectivity index (χ4v) is 5.83.